The molecule has 1 aromatic carbocycles. The summed E-state index contributed by atoms with van der Waals surface area (Å²) in [5.41, 5.74) is 0.799. The van der Waals surface area contributed by atoms with Gasteiger partial charge in [0, 0.05) is 6.26 Å². The highest BCUT2D eigenvalue weighted by molar-refractivity contribution is 7.90. The van der Waals surface area contributed by atoms with E-state index in [0.29, 0.717) is 13.2 Å². The van der Waals surface area contributed by atoms with Crippen LogP contribution in [0.25, 0.3) is 0 Å². The minimum atomic E-state index is -3.22. The second-order valence-corrected chi connectivity index (χ2v) is 6.75. The van der Waals surface area contributed by atoms with Crippen molar-refractivity contribution in [1.29, 1.82) is 0 Å². The fourth-order valence-electron chi connectivity index (χ4n) is 1.84. The Kier molecular flexibility index (Phi) is 4.52. The third kappa shape index (κ3) is 3.98. The molecular weight excluding hydrogens is 294 g/mol. The van der Waals surface area contributed by atoms with Gasteiger partial charge in [0.2, 0.25) is 5.76 Å². The van der Waals surface area contributed by atoms with Gasteiger partial charge in [-0.1, -0.05) is 12.1 Å². The molecule has 1 atom stereocenters. The molecular formula is C14H17NO5S. The first-order valence-corrected chi connectivity index (χ1v) is 8.32. The Hall–Kier alpha value is -2.02. The summed E-state index contributed by atoms with van der Waals surface area (Å²) in [6, 6.07) is 6.11. The van der Waals surface area contributed by atoms with Crippen LogP contribution in [0.1, 0.15) is 18.5 Å². The number of rotatable bonds is 4. The molecule has 0 saturated heterocycles. The molecule has 1 aromatic rings. The van der Waals surface area contributed by atoms with Crippen LogP contribution in [0.5, 0.6) is 0 Å². The molecule has 7 heteroatoms. The van der Waals surface area contributed by atoms with Crippen molar-refractivity contribution >= 4 is 15.7 Å². The number of amides is 1. The molecule has 114 valence electrons. The lowest BCUT2D eigenvalue weighted by Crippen LogP contribution is -2.30. The quantitative estimate of drug-likeness (QED) is 0.902. The number of hydrogen-bond acceptors (Lipinski definition) is 5. The van der Waals surface area contributed by atoms with Crippen molar-refractivity contribution in [3.05, 3.63) is 41.9 Å². The van der Waals surface area contributed by atoms with Crippen LogP contribution < -0.4 is 5.32 Å². The zero-order valence-corrected chi connectivity index (χ0v) is 12.6. The normalized spacial score (nSPS) is 16.2. The summed E-state index contributed by atoms with van der Waals surface area (Å²) >= 11 is 0. The highest BCUT2D eigenvalue weighted by Gasteiger charge is 2.18. The van der Waals surface area contributed by atoms with Crippen LogP contribution in [0.3, 0.4) is 0 Å². The molecule has 0 unspecified atom stereocenters. The minimum absolute atomic E-state index is 0.140. The van der Waals surface area contributed by atoms with Gasteiger partial charge in [-0.25, -0.2) is 8.42 Å². The third-order valence-electron chi connectivity index (χ3n) is 3.03. The van der Waals surface area contributed by atoms with Crippen LogP contribution in [0.4, 0.5) is 0 Å². The Morgan fingerprint density at radius 2 is 1.90 bits per heavy atom. The Bertz CT molecular complexity index is 648. The highest BCUT2D eigenvalue weighted by Crippen LogP contribution is 2.17. The maximum atomic E-state index is 11.9. The molecule has 0 saturated carbocycles. The van der Waals surface area contributed by atoms with Gasteiger partial charge in [-0.15, -0.1) is 0 Å². The van der Waals surface area contributed by atoms with E-state index in [4.69, 9.17) is 9.47 Å². The zero-order valence-electron chi connectivity index (χ0n) is 11.8. The Morgan fingerprint density at radius 3 is 2.43 bits per heavy atom. The van der Waals surface area contributed by atoms with E-state index in [1.165, 1.54) is 18.4 Å². The topological polar surface area (TPSA) is 81.7 Å². The Labute approximate surface area is 123 Å². The third-order valence-corrected chi connectivity index (χ3v) is 4.16. The molecule has 6 nitrogen and oxygen atoms in total. The van der Waals surface area contributed by atoms with Crippen LogP contribution in [-0.4, -0.2) is 33.8 Å². The van der Waals surface area contributed by atoms with Crippen LogP contribution >= 0.6 is 0 Å². The average Bonchev–Trinajstić information content (AvgIpc) is 2.47. The van der Waals surface area contributed by atoms with E-state index in [1.807, 2.05) is 0 Å². The summed E-state index contributed by atoms with van der Waals surface area (Å²) in [6.45, 7) is 2.58. The van der Waals surface area contributed by atoms with Gasteiger partial charge in [0.1, 0.15) is 19.5 Å². The summed E-state index contributed by atoms with van der Waals surface area (Å²) in [6.07, 6.45) is 2.44. The number of carbonyl (C=O) groups excluding carboxylic acids is 1. The molecule has 2 rings (SSSR count). The smallest absolute Gasteiger partial charge is 0.290 e. The van der Waals surface area contributed by atoms with E-state index in [9.17, 15) is 13.2 Å². The maximum Gasteiger partial charge on any atom is 0.290 e. The molecule has 1 heterocycles. The fraction of sp³-hybridized carbons (Fsp3) is 0.357. The standard InChI is InChI=1S/C14H17NO5S/c1-10(15-14(16)13-9-19-7-8-20-13)11-3-5-12(6-4-11)21(2,17)18/h3-6,9-10H,7-8H2,1-2H3,(H,15,16)/t10-/m1/s1. The summed E-state index contributed by atoms with van der Waals surface area (Å²) in [5, 5.41) is 2.76. The van der Waals surface area contributed by atoms with E-state index in [0.717, 1.165) is 11.8 Å². The van der Waals surface area contributed by atoms with Gasteiger partial charge in [-0.05, 0) is 24.6 Å². The molecule has 1 aliphatic rings. The van der Waals surface area contributed by atoms with Crippen molar-refractivity contribution in [2.45, 2.75) is 17.9 Å². The number of nitrogens with one attached hydrogen (secondary N) is 1. The maximum absolute atomic E-state index is 11.9. The van der Waals surface area contributed by atoms with Crippen molar-refractivity contribution in [1.82, 2.24) is 5.32 Å². The van der Waals surface area contributed by atoms with Crippen LogP contribution in [0, 0.1) is 0 Å². The lowest BCUT2D eigenvalue weighted by Gasteiger charge is -2.18. The molecule has 0 bridgehead atoms. The predicted molar refractivity (Wildman–Crippen MR) is 76.1 cm³/mol. The molecule has 21 heavy (non-hydrogen) atoms. The molecule has 1 aliphatic heterocycles. The monoisotopic (exact) mass is 311 g/mol. The lowest BCUT2D eigenvalue weighted by molar-refractivity contribution is -0.122. The van der Waals surface area contributed by atoms with Gasteiger partial charge in [-0.3, -0.25) is 4.79 Å². The number of ether oxygens (including phenoxy) is 2. The van der Waals surface area contributed by atoms with E-state index in [-0.39, 0.29) is 22.6 Å². The predicted octanol–water partition coefficient (Wildman–Crippen LogP) is 1.16. The van der Waals surface area contributed by atoms with Gasteiger partial charge in [-0.2, -0.15) is 0 Å². The molecule has 1 N–H and O–H groups in total. The molecule has 0 aromatic heterocycles. The number of benzene rings is 1. The first-order chi connectivity index (χ1) is 9.88. The molecule has 0 aliphatic carbocycles. The summed E-state index contributed by atoms with van der Waals surface area (Å²) < 4.78 is 33.0. The molecule has 0 radical (unpaired) electrons. The van der Waals surface area contributed by atoms with Crippen molar-refractivity contribution in [3.63, 3.8) is 0 Å². The van der Waals surface area contributed by atoms with E-state index >= 15 is 0 Å². The molecule has 0 fully saturated rings. The van der Waals surface area contributed by atoms with E-state index in [2.05, 4.69) is 5.32 Å². The largest absolute Gasteiger partial charge is 0.494 e. The van der Waals surface area contributed by atoms with Crippen molar-refractivity contribution < 1.29 is 22.7 Å². The summed E-state index contributed by atoms with van der Waals surface area (Å²) in [4.78, 5) is 12.2. The van der Waals surface area contributed by atoms with Crippen molar-refractivity contribution in [2.24, 2.45) is 0 Å². The first kappa shape index (κ1) is 15.4. The average molecular weight is 311 g/mol. The minimum Gasteiger partial charge on any atom is -0.494 e. The van der Waals surface area contributed by atoms with E-state index in [1.54, 1.807) is 19.1 Å². The van der Waals surface area contributed by atoms with Crippen molar-refractivity contribution in [3.8, 4) is 0 Å². The fourth-order valence-corrected chi connectivity index (χ4v) is 2.47. The van der Waals surface area contributed by atoms with Gasteiger partial charge < -0.3 is 14.8 Å². The van der Waals surface area contributed by atoms with Gasteiger partial charge in [0.25, 0.3) is 5.91 Å². The van der Waals surface area contributed by atoms with Gasteiger partial charge in [0.05, 0.1) is 10.9 Å². The number of hydrogen-bond donors (Lipinski definition) is 1. The molecule has 0 spiro atoms. The lowest BCUT2D eigenvalue weighted by atomic mass is 10.1. The Balaban J connectivity index is 2.04. The SMILES string of the molecule is C[C@@H](NC(=O)C1=COCCO1)c1ccc(S(C)(=O)=O)cc1. The highest BCUT2D eigenvalue weighted by atomic mass is 32.2. The Morgan fingerprint density at radius 1 is 1.24 bits per heavy atom. The summed E-state index contributed by atoms with van der Waals surface area (Å²) in [7, 11) is -3.22. The number of carbonyl (C=O) groups is 1. The van der Waals surface area contributed by atoms with Crippen LogP contribution in [0.15, 0.2) is 41.2 Å². The van der Waals surface area contributed by atoms with Crippen LogP contribution in [-0.2, 0) is 24.1 Å². The second-order valence-electron chi connectivity index (χ2n) is 4.74. The van der Waals surface area contributed by atoms with Crippen LogP contribution in [0.2, 0.25) is 0 Å². The number of sulfone groups is 1. The van der Waals surface area contributed by atoms with E-state index < -0.39 is 9.84 Å². The second kappa shape index (κ2) is 6.17. The van der Waals surface area contributed by atoms with Gasteiger partial charge >= 0.3 is 0 Å². The first-order valence-electron chi connectivity index (χ1n) is 6.43. The zero-order chi connectivity index (χ0) is 15.5. The van der Waals surface area contributed by atoms with Crippen molar-refractivity contribution in [2.75, 3.05) is 19.5 Å². The summed E-state index contributed by atoms with van der Waals surface area (Å²) in [5.74, 6) is -0.227. The van der Waals surface area contributed by atoms with Gasteiger partial charge in [0.15, 0.2) is 9.84 Å². The molecule has 1 amide bonds.